The Morgan fingerprint density at radius 2 is 2.11 bits per heavy atom. The quantitative estimate of drug-likeness (QED) is 0.750. The van der Waals surface area contributed by atoms with Crippen molar-refractivity contribution in [3.8, 4) is 11.5 Å². The van der Waals surface area contributed by atoms with Crippen LogP contribution in [0.15, 0.2) is 35.0 Å². The molecule has 2 aromatic rings. The monoisotopic (exact) mass is 388 g/mol. The summed E-state index contributed by atoms with van der Waals surface area (Å²) in [6.07, 6.45) is 3.02. The van der Waals surface area contributed by atoms with Crippen LogP contribution < -0.4 is 14.8 Å². The number of amides is 1. The lowest BCUT2D eigenvalue weighted by Crippen LogP contribution is -2.45. The molecule has 1 N–H and O–H groups in total. The number of ether oxygens (including phenoxy) is 2. The van der Waals surface area contributed by atoms with Crippen molar-refractivity contribution < 1.29 is 14.3 Å². The van der Waals surface area contributed by atoms with E-state index in [0.717, 1.165) is 31.4 Å². The molecule has 1 amide bonds. The summed E-state index contributed by atoms with van der Waals surface area (Å²) in [4.78, 5) is 15.0. The average molecular weight is 389 g/mol. The topological polar surface area (TPSA) is 50.8 Å². The van der Waals surface area contributed by atoms with Gasteiger partial charge in [0.2, 0.25) is 5.91 Å². The Hall–Kier alpha value is -2.05. The first-order valence-corrected chi connectivity index (χ1v) is 10.3. The van der Waals surface area contributed by atoms with Crippen molar-refractivity contribution in [2.75, 3.05) is 27.3 Å². The molecule has 27 heavy (non-hydrogen) atoms. The lowest BCUT2D eigenvalue weighted by atomic mass is 10.1. The van der Waals surface area contributed by atoms with Gasteiger partial charge in [0.15, 0.2) is 11.5 Å². The molecule has 0 spiro atoms. The number of hydrogen-bond donors (Lipinski definition) is 1. The van der Waals surface area contributed by atoms with Crippen molar-refractivity contribution in [2.45, 2.75) is 38.3 Å². The molecule has 0 radical (unpaired) electrons. The Morgan fingerprint density at radius 1 is 1.30 bits per heavy atom. The van der Waals surface area contributed by atoms with Crippen LogP contribution in [0, 0.1) is 0 Å². The molecular formula is C21H28N2O3S. The van der Waals surface area contributed by atoms with Crippen molar-refractivity contribution in [3.63, 3.8) is 0 Å². The molecule has 2 atom stereocenters. The number of likely N-dealkylation sites (tertiary alicyclic amines) is 1. The smallest absolute Gasteiger partial charge is 0.237 e. The van der Waals surface area contributed by atoms with Crippen molar-refractivity contribution in [3.05, 3.63) is 46.2 Å². The predicted molar refractivity (Wildman–Crippen MR) is 109 cm³/mol. The van der Waals surface area contributed by atoms with Crippen LogP contribution in [0.4, 0.5) is 0 Å². The number of hydrogen-bond acceptors (Lipinski definition) is 5. The molecule has 1 fully saturated rings. The zero-order valence-electron chi connectivity index (χ0n) is 16.2. The van der Waals surface area contributed by atoms with E-state index >= 15 is 0 Å². The molecule has 0 unspecified atom stereocenters. The van der Waals surface area contributed by atoms with Crippen molar-refractivity contribution >= 4 is 17.2 Å². The number of nitrogens with one attached hydrogen (secondary N) is 1. The SMILES string of the molecule is COc1ccc(CCNC(=O)[C@@H](C)N2CCC[C@H]2c2ccsc2)cc1OC. The first-order chi connectivity index (χ1) is 13.1. The third-order valence-corrected chi connectivity index (χ3v) is 5.96. The highest BCUT2D eigenvalue weighted by molar-refractivity contribution is 7.07. The second-order valence-corrected chi connectivity index (χ2v) is 7.64. The summed E-state index contributed by atoms with van der Waals surface area (Å²) in [6.45, 7) is 3.59. The van der Waals surface area contributed by atoms with E-state index in [1.807, 2.05) is 25.1 Å². The zero-order chi connectivity index (χ0) is 19.2. The summed E-state index contributed by atoms with van der Waals surface area (Å²) in [7, 11) is 3.26. The number of nitrogens with zero attached hydrogens (tertiary/aromatic N) is 1. The van der Waals surface area contributed by atoms with E-state index in [4.69, 9.17) is 9.47 Å². The van der Waals surface area contributed by atoms with Gasteiger partial charge in [0.1, 0.15) is 0 Å². The minimum atomic E-state index is -0.122. The van der Waals surface area contributed by atoms with Crippen molar-refractivity contribution in [1.82, 2.24) is 10.2 Å². The molecule has 0 bridgehead atoms. The number of carbonyl (C=O) groups is 1. The van der Waals surface area contributed by atoms with Crippen LogP contribution >= 0.6 is 11.3 Å². The van der Waals surface area contributed by atoms with E-state index < -0.39 is 0 Å². The maximum absolute atomic E-state index is 12.7. The second kappa shape index (κ2) is 9.24. The van der Waals surface area contributed by atoms with Gasteiger partial charge in [-0.15, -0.1) is 0 Å². The van der Waals surface area contributed by atoms with E-state index in [-0.39, 0.29) is 11.9 Å². The number of thiophene rings is 1. The van der Waals surface area contributed by atoms with Crippen LogP contribution in [0.3, 0.4) is 0 Å². The lowest BCUT2D eigenvalue weighted by molar-refractivity contribution is -0.126. The minimum Gasteiger partial charge on any atom is -0.493 e. The third kappa shape index (κ3) is 4.62. The van der Waals surface area contributed by atoms with Gasteiger partial charge in [-0.1, -0.05) is 6.07 Å². The lowest BCUT2D eigenvalue weighted by Gasteiger charge is -2.29. The third-order valence-electron chi connectivity index (χ3n) is 5.26. The van der Waals surface area contributed by atoms with Gasteiger partial charge < -0.3 is 14.8 Å². The molecule has 1 aliphatic heterocycles. The Morgan fingerprint density at radius 3 is 2.81 bits per heavy atom. The van der Waals surface area contributed by atoms with Crippen LogP contribution in [0.1, 0.15) is 36.9 Å². The van der Waals surface area contributed by atoms with Crippen LogP contribution in [-0.4, -0.2) is 44.2 Å². The van der Waals surface area contributed by atoms with E-state index in [1.165, 1.54) is 5.56 Å². The summed E-state index contributed by atoms with van der Waals surface area (Å²) in [5.41, 5.74) is 2.44. The van der Waals surface area contributed by atoms with Crippen LogP contribution in [0.2, 0.25) is 0 Å². The highest BCUT2D eigenvalue weighted by Crippen LogP contribution is 2.34. The summed E-state index contributed by atoms with van der Waals surface area (Å²) in [5.74, 6) is 1.52. The van der Waals surface area contributed by atoms with Gasteiger partial charge in [-0.3, -0.25) is 9.69 Å². The van der Waals surface area contributed by atoms with Gasteiger partial charge in [0.05, 0.1) is 20.3 Å². The first kappa shape index (κ1) is 19.7. The maximum atomic E-state index is 12.7. The van der Waals surface area contributed by atoms with Crippen LogP contribution in [0.5, 0.6) is 11.5 Å². The van der Waals surface area contributed by atoms with E-state index in [0.29, 0.717) is 24.1 Å². The molecule has 2 heterocycles. The fourth-order valence-electron chi connectivity index (χ4n) is 3.74. The number of methoxy groups -OCH3 is 2. The molecule has 6 heteroatoms. The van der Waals surface area contributed by atoms with Crippen LogP contribution in [0.25, 0.3) is 0 Å². The summed E-state index contributed by atoms with van der Waals surface area (Å²) >= 11 is 1.72. The molecule has 0 saturated carbocycles. The Kier molecular flexibility index (Phi) is 6.74. The zero-order valence-corrected chi connectivity index (χ0v) is 17.1. The molecule has 1 saturated heterocycles. The fraction of sp³-hybridized carbons (Fsp3) is 0.476. The molecular weight excluding hydrogens is 360 g/mol. The number of benzene rings is 1. The standard InChI is InChI=1S/C21H28N2O3S/c1-15(23-11-4-5-18(23)17-9-12-27-14-17)21(24)22-10-8-16-6-7-19(25-2)20(13-16)26-3/h6-7,9,12-15,18H,4-5,8,10-11H2,1-3H3,(H,22,24)/t15-,18+/m1/s1. The molecule has 1 aliphatic rings. The van der Waals surface area contributed by atoms with Gasteiger partial charge in [0.25, 0.3) is 0 Å². The van der Waals surface area contributed by atoms with Crippen molar-refractivity contribution in [1.29, 1.82) is 0 Å². The van der Waals surface area contributed by atoms with Gasteiger partial charge in [-0.05, 0) is 72.8 Å². The van der Waals surface area contributed by atoms with Crippen molar-refractivity contribution in [2.24, 2.45) is 0 Å². The highest BCUT2D eigenvalue weighted by atomic mass is 32.1. The number of rotatable bonds is 8. The molecule has 5 nitrogen and oxygen atoms in total. The maximum Gasteiger partial charge on any atom is 0.237 e. The Labute approximate surface area is 165 Å². The largest absolute Gasteiger partial charge is 0.493 e. The average Bonchev–Trinajstić information content (AvgIpc) is 3.38. The molecule has 146 valence electrons. The molecule has 0 aliphatic carbocycles. The predicted octanol–water partition coefficient (Wildman–Crippen LogP) is 3.65. The van der Waals surface area contributed by atoms with E-state index in [9.17, 15) is 4.79 Å². The minimum absolute atomic E-state index is 0.0950. The molecule has 1 aromatic heterocycles. The number of carbonyl (C=O) groups excluding carboxylic acids is 1. The Balaban J connectivity index is 1.53. The Bertz CT molecular complexity index is 748. The van der Waals surface area contributed by atoms with E-state index in [2.05, 4.69) is 27.0 Å². The normalized spacial score (nSPS) is 18.3. The molecule has 3 rings (SSSR count). The highest BCUT2D eigenvalue weighted by Gasteiger charge is 2.32. The van der Waals surface area contributed by atoms with E-state index in [1.54, 1.807) is 25.6 Å². The second-order valence-electron chi connectivity index (χ2n) is 6.86. The summed E-state index contributed by atoms with van der Waals surface area (Å²) in [5, 5.41) is 7.40. The van der Waals surface area contributed by atoms with Gasteiger partial charge in [-0.2, -0.15) is 11.3 Å². The summed E-state index contributed by atoms with van der Waals surface area (Å²) < 4.78 is 10.6. The molecule has 1 aromatic carbocycles. The summed E-state index contributed by atoms with van der Waals surface area (Å²) in [6, 6.07) is 8.28. The van der Waals surface area contributed by atoms with Gasteiger partial charge in [0, 0.05) is 12.6 Å². The van der Waals surface area contributed by atoms with Gasteiger partial charge in [-0.25, -0.2) is 0 Å². The first-order valence-electron chi connectivity index (χ1n) is 9.40. The van der Waals surface area contributed by atoms with Gasteiger partial charge >= 0.3 is 0 Å². The van der Waals surface area contributed by atoms with Crippen LogP contribution in [-0.2, 0) is 11.2 Å². The fourth-order valence-corrected chi connectivity index (χ4v) is 4.45.